The molecule has 4 nitrogen and oxygen atoms in total. The van der Waals surface area contributed by atoms with Gasteiger partial charge in [-0.1, -0.05) is 0 Å². The highest BCUT2D eigenvalue weighted by molar-refractivity contribution is 7.76. The van der Waals surface area contributed by atoms with E-state index in [-0.39, 0.29) is 11.7 Å². The first-order valence-electron chi connectivity index (χ1n) is 3.97. The van der Waals surface area contributed by atoms with Gasteiger partial charge in [-0.25, -0.2) is 8.51 Å². The molecule has 0 aliphatic carbocycles. The van der Waals surface area contributed by atoms with E-state index in [1.165, 1.54) is 4.31 Å². The molecule has 0 bridgehead atoms. The molecule has 1 aliphatic rings. The van der Waals surface area contributed by atoms with Gasteiger partial charge < -0.3 is 0 Å². The van der Waals surface area contributed by atoms with Gasteiger partial charge >= 0.3 is 0 Å². The Morgan fingerprint density at radius 1 is 1.50 bits per heavy atom. The third-order valence-electron chi connectivity index (χ3n) is 2.25. The first kappa shape index (κ1) is 9.83. The van der Waals surface area contributed by atoms with E-state index in [9.17, 15) is 9.00 Å². The van der Waals surface area contributed by atoms with E-state index in [1.54, 1.807) is 6.92 Å². The largest absolute Gasteiger partial charge is 0.300 e. The topological polar surface area (TPSA) is 57.6 Å². The van der Waals surface area contributed by atoms with Crippen molar-refractivity contribution < 1.29 is 13.6 Å². The van der Waals surface area contributed by atoms with Crippen LogP contribution in [0.5, 0.6) is 0 Å². The van der Waals surface area contributed by atoms with E-state index in [0.717, 1.165) is 0 Å². The number of hydrogen-bond donors (Lipinski definition) is 1. The maximum atomic E-state index is 10.9. The van der Waals surface area contributed by atoms with Crippen LogP contribution in [0.4, 0.5) is 0 Å². The van der Waals surface area contributed by atoms with Crippen LogP contribution in [0, 0.1) is 5.92 Å². The van der Waals surface area contributed by atoms with Crippen LogP contribution in [-0.2, 0) is 16.1 Å². The van der Waals surface area contributed by atoms with Crippen LogP contribution < -0.4 is 0 Å². The summed E-state index contributed by atoms with van der Waals surface area (Å²) in [5.74, 6) is 0.295. The van der Waals surface area contributed by atoms with Gasteiger partial charge in [-0.15, -0.1) is 0 Å². The van der Waals surface area contributed by atoms with E-state index >= 15 is 0 Å². The second kappa shape index (κ2) is 4.11. The summed E-state index contributed by atoms with van der Waals surface area (Å²) < 4.78 is 20.8. The Morgan fingerprint density at radius 2 is 2.00 bits per heavy atom. The Kier molecular flexibility index (Phi) is 3.37. The maximum absolute atomic E-state index is 10.9. The maximum Gasteiger partial charge on any atom is 0.234 e. The minimum atomic E-state index is -1.86. The highest BCUT2D eigenvalue weighted by atomic mass is 32.2. The van der Waals surface area contributed by atoms with Crippen molar-refractivity contribution >= 4 is 17.0 Å². The molecule has 0 saturated carbocycles. The second-order valence-electron chi connectivity index (χ2n) is 3.04. The molecule has 0 amide bonds. The fraction of sp³-hybridized carbons (Fsp3) is 0.857. The molecule has 1 fully saturated rings. The molecule has 1 unspecified atom stereocenters. The Hall–Kier alpha value is -0.260. The molecule has 0 aromatic carbocycles. The van der Waals surface area contributed by atoms with Gasteiger partial charge in [-0.3, -0.25) is 9.35 Å². The Bertz CT molecular complexity index is 177. The standard InChI is InChI=1S/C7H13NO3S/c1-6(9)7-2-4-8(5-3-7)12(10)11/h7H,2-5H2,1H3,(H,10,11). The number of rotatable bonds is 2. The molecule has 1 heterocycles. The molecule has 70 valence electrons. The van der Waals surface area contributed by atoms with E-state index in [4.69, 9.17) is 4.55 Å². The molecule has 1 atom stereocenters. The quantitative estimate of drug-likeness (QED) is 0.644. The van der Waals surface area contributed by atoms with Gasteiger partial charge in [0.25, 0.3) is 0 Å². The Morgan fingerprint density at radius 3 is 2.33 bits per heavy atom. The summed E-state index contributed by atoms with van der Waals surface area (Å²) in [6.45, 7) is 2.68. The van der Waals surface area contributed by atoms with E-state index in [0.29, 0.717) is 25.9 Å². The summed E-state index contributed by atoms with van der Waals surface area (Å²) in [6, 6.07) is 0. The summed E-state index contributed by atoms with van der Waals surface area (Å²) >= 11 is -1.86. The van der Waals surface area contributed by atoms with Crippen LogP contribution in [0.15, 0.2) is 0 Å². The molecule has 0 radical (unpaired) electrons. The SMILES string of the molecule is CC(=O)C1CCN(S(=O)O)CC1. The fourth-order valence-corrected chi connectivity index (χ4v) is 1.94. The van der Waals surface area contributed by atoms with Gasteiger partial charge in [-0.2, -0.15) is 0 Å². The smallest absolute Gasteiger partial charge is 0.234 e. The number of piperidine rings is 1. The molecule has 0 aromatic rings. The Balaban J connectivity index is 2.39. The van der Waals surface area contributed by atoms with Crippen molar-refractivity contribution in [3.63, 3.8) is 0 Å². The minimum absolute atomic E-state index is 0.102. The zero-order valence-corrected chi connectivity index (χ0v) is 7.84. The summed E-state index contributed by atoms with van der Waals surface area (Å²) in [5.41, 5.74) is 0. The number of ketones is 1. The lowest BCUT2D eigenvalue weighted by atomic mass is 9.95. The Labute approximate surface area is 74.4 Å². The minimum Gasteiger partial charge on any atom is -0.300 e. The average Bonchev–Trinajstić information content (AvgIpc) is 2.04. The molecule has 1 aliphatic heterocycles. The van der Waals surface area contributed by atoms with E-state index in [2.05, 4.69) is 0 Å². The molecule has 1 saturated heterocycles. The average molecular weight is 191 g/mol. The summed E-state index contributed by atoms with van der Waals surface area (Å²) in [6.07, 6.45) is 1.42. The van der Waals surface area contributed by atoms with Crippen molar-refractivity contribution in [2.75, 3.05) is 13.1 Å². The molecular formula is C7H13NO3S. The van der Waals surface area contributed by atoms with Crippen molar-refractivity contribution in [3.8, 4) is 0 Å². The summed E-state index contributed by atoms with van der Waals surface area (Å²) in [4.78, 5) is 10.9. The van der Waals surface area contributed by atoms with Crippen LogP contribution in [0.25, 0.3) is 0 Å². The van der Waals surface area contributed by atoms with Crippen molar-refractivity contribution in [2.45, 2.75) is 19.8 Å². The summed E-state index contributed by atoms with van der Waals surface area (Å²) in [5, 5.41) is 0. The van der Waals surface area contributed by atoms with Crippen LogP contribution in [0.2, 0.25) is 0 Å². The predicted octanol–water partition coefficient (Wildman–Crippen LogP) is 0.424. The molecule has 1 rings (SSSR count). The normalized spacial score (nSPS) is 23.8. The van der Waals surface area contributed by atoms with Gasteiger partial charge in [0, 0.05) is 19.0 Å². The van der Waals surface area contributed by atoms with Crippen LogP contribution in [0.1, 0.15) is 19.8 Å². The third-order valence-corrected chi connectivity index (χ3v) is 3.06. The van der Waals surface area contributed by atoms with Crippen LogP contribution in [-0.4, -0.2) is 31.9 Å². The van der Waals surface area contributed by atoms with Gasteiger partial charge in [0.05, 0.1) is 0 Å². The van der Waals surface area contributed by atoms with Crippen molar-refractivity contribution in [1.82, 2.24) is 4.31 Å². The fourth-order valence-electron chi connectivity index (χ4n) is 1.42. The van der Waals surface area contributed by atoms with E-state index in [1.807, 2.05) is 0 Å². The summed E-state index contributed by atoms with van der Waals surface area (Å²) in [7, 11) is 0. The number of carbonyl (C=O) groups excluding carboxylic acids is 1. The molecule has 0 aromatic heterocycles. The zero-order chi connectivity index (χ0) is 9.14. The van der Waals surface area contributed by atoms with Crippen molar-refractivity contribution in [3.05, 3.63) is 0 Å². The lowest BCUT2D eigenvalue weighted by molar-refractivity contribution is -0.121. The van der Waals surface area contributed by atoms with Crippen molar-refractivity contribution in [2.24, 2.45) is 5.92 Å². The van der Waals surface area contributed by atoms with Crippen LogP contribution in [0.3, 0.4) is 0 Å². The number of carbonyl (C=O) groups is 1. The number of Topliss-reactive ketones (excluding diaryl/α,β-unsaturated/α-hetero) is 1. The van der Waals surface area contributed by atoms with E-state index < -0.39 is 11.3 Å². The lowest BCUT2D eigenvalue weighted by Gasteiger charge is -2.27. The first-order valence-corrected chi connectivity index (χ1v) is 5.04. The van der Waals surface area contributed by atoms with Crippen LogP contribution >= 0.6 is 0 Å². The van der Waals surface area contributed by atoms with Gasteiger partial charge in [0.1, 0.15) is 5.78 Å². The van der Waals surface area contributed by atoms with Crippen molar-refractivity contribution in [1.29, 1.82) is 0 Å². The molecule has 12 heavy (non-hydrogen) atoms. The second-order valence-corrected chi connectivity index (χ2v) is 4.02. The number of hydrogen-bond acceptors (Lipinski definition) is 2. The molecule has 1 N–H and O–H groups in total. The third kappa shape index (κ3) is 2.36. The molecular weight excluding hydrogens is 178 g/mol. The monoisotopic (exact) mass is 191 g/mol. The first-order chi connectivity index (χ1) is 5.61. The lowest BCUT2D eigenvalue weighted by Crippen LogP contribution is -2.36. The molecule has 5 heteroatoms. The van der Waals surface area contributed by atoms with Gasteiger partial charge in [-0.05, 0) is 19.8 Å². The number of nitrogens with zero attached hydrogens (tertiary/aromatic N) is 1. The molecule has 0 spiro atoms. The predicted molar refractivity (Wildman–Crippen MR) is 45.7 cm³/mol. The highest BCUT2D eigenvalue weighted by Gasteiger charge is 2.24. The van der Waals surface area contributed by atoms with Gasteiger partial charge in [0.15, 0.2) is 0 Å². The van der Waals surface area contributed by atoms with Gasteiger partial charge in [0.2, 0.25) is 11.3 Å². The zero-order valence-electron chi connectivity index (χ0n) is 7.02. The highest BCUT2D eigenvalue weighted by Crippen LogP contribution is 2.18.